The number of aliphatic hydroxyl groups is 1. The molecule has 0 aromatic carbocycles. The van der Waals surface area contributed by atoms with E-state index in [-0.39, 0.29) is 17.5 Å². The SMILES string of the molecule is CC(C)CN(CC(C)C)[C@@H]1CS(=O)(=O)C[C@@H]1O. The molecule has 0 bridgehead atoms. The first-order valence-corrected chi connectivity index (χ1v) is 8.16. The summed E-state index contributed by atoms with van der Waals surface area (Å²) < 4.78 is 23.1. The van der Waals surface area contributed by atoms with E-state index in [0.29, 0.717) is 11.8 Å². The Bertz CT molecular complexity index is 328. The molecule has 102 valence electrons. The highest BCUT2D eigenvalue weighted by molar-refractivity contribution is 7.91. The van der Waals surface area contributed by atoms with E-state index in [0.717, 1.165) is 13.1 Å². The van der Waals surface area contributed by atoms with E-state index in [1.165, 1.54) is 0 Å². The van der Waals surface area contributed by atoms with Gasteiger partial charge in [0.05, 0.1) is 23.7 Å². The summed E-state index contributed by atoms with van der Waals surface area (Å²) in [5, 5.41) is 9.90. The zero-order valence-corrected chi connectivity index (χ0v) is 12.1. The Morgan fingerprint density at radius 3 is 1.88 bits per heavy atom. The van der Waals surface area contributed by atoms with Gasteiger partial charge in [-0.3, -0.25) is 4.90 Å². The molecule has 0 unspecified atom stereocenters. The molecule has 0 saturated carbocycles. The molecule has 1 saturated heterocycles. The number of sulfone groups is 1. The van der Waals surface area contributed by atoms with Crippen LogP contribution < -0.4 is 0 Å². The Morgan fingerprint density at radius 1 is 1.12 bits per heavy atom. The monoisotopic (exact) mass is 263 g/mol. The van der Waals surface area contributed by atoms with Gasteiger partial charge in [-0.1, -0.05) is 27.7 Å². The third-order valence-corrected chi connectivity index (χ3v) is 4.66. The fraction of sp³-hybridized carbons (Fsp3) is 1.00. The molecule has 0 spiro atoms. The van der Waals surface area contributed by atoms with Gasteiger partial charge < -0.3 is 5.11 Å². The van der Waals surface area contributed by atoms with Crippen LogP contribution in [0, 0.1) is 11.8 Å². The highest BCUT2D eigenvalue weighted by Crippen LogP contribution is 2.20. The molecule has 0 amide bonds. The second-order valence-corrected chi connectivity index (χ2v) is 8.11. The van der Waals surface area contributed by atoms with Gasteiger partial charge in [0, 0.05) is 13.1 Å². The van der Waals surface area contributed by atoms with Crippen LogP contribution in [-0.2, 0) is 9.84 Å². The maximum Gasteiger partial charge on any atom is 0.154 e. The van der Waals surface area contributed by atoms with Crippen LogP contribution in [0.15, 0.2) is 0 Å². The summed E-state index contributed by atoms with van der Waals surface area (Å²) in [5.74, 6) is 0.978. The summed E-state index contributed by atoms with van der Waals surface area (Å²) in [6.07, 6.45) is -0.725. The fourth-order valence-electron chi connectivity index (χ4n) is 2.44. The molecule has 0 aromatic rings. The summed E-state index contributed by atoms with van der Waals surface area (Å²) >= 11 is 0. The van der Waals surface area contributed by atoms with Crippen molar-refractivity contribution in [2.45, 2.75) is 39.8 Å². The van der Waals surface area contributed by atoms with Crippen molar-refractivity contribution >= 4 is 9.84 Å². The second kappa shape index (κ2) is 5.67. The summed E-state index contributed by atoms with van der Waals surface area (Å²) in [4.78, 5) is 2.14. The van der Waals surface area contributed by atoms with Crippen LogP contribution in [0.4, 0.5) is 0 Å². The van der Waals surface area contributed by atoms with Crippen LogP contribution in [0.3, 0.4) is 0 Å². The van der Waals surface area contributed by atoms with Gasteiger partial charge in [0.15, 0.2) is 9.84 Å². The third kappa shape index (κ3) is 4.56. The Kier molecular flexibility index (Phi) is 4.98. The van der Waals surface area contributed by atoms with Gasteiger partial charge in [-0.15, -0.1) is 0 Å². The van der Waals surface area contributed by atoms with Crippen molar-refractivity contribution in [2.75, 3.05) is 24.6 Å². The van der Waals surface area contributed by atoms with E-state index in [4.69, 9.17) is 0 Å². The topological polar surface area (TPSA) is 57.6 Å². The van der Waals surface area contributed by atoms with Crippen molar-refractivity contribution in [3.8, 4) is 0 Å². The van der Waals surface area contributed by atoms with Crippen LogP contribution in [0.25, 0.3) is 0 Å². The molecular weight excluding hydrogens is 238 g/mol. The average molecular weight is 263 g/mol. The lowest BCUT2D eigenvalue weighted by atomic mass is 10.1. The summed E-state index contributed by atoms with van der Waals surface area (Å²) in [5.41, 5.74) is 0. The molecule has 1 rings (SSSR count). The third-order valence-electron chi connectivity index (χ3n) is 2.96. The van der Waals surface area contributed by atoms with Gasteiger partial charge in [-0.05, 0) is 11.8 Å². The number of nitrogens with zero attached hydrogens (tertiary/aromatic N) is 1. The Labute approximate surface area is 105 Å². The van der Waals surface area contributed by atoms with E-state index in [9.17, 15) is 13.5 Å². The quantitative estimate of drug-likeness (QED) is 0.795. The minimum absolute atomic E-state index is 0.0790. The molecule has 0 radical (unpaired) electrons. The zero-order chi connectivity index (χ0) is 13.2. The van der Waals surface area contributed by atoms with Crippen molar-refractivity contribution in [3.05, 3.63) is 0 Å². The number of hydrogen-bond donors (Lipinski definition) is 1. The predicted molar refractivity (Wildman–Crippen MR) is 69.7 cm³/mol. The highest BCUT2D eigenvalue weighted by atomic mass is 32.2. The molecule has 5 heteroatoms. The van der Waals surface area contributed by atoms with Crippen LogP contribution in [0.2, 0.25) is 0 Å². The van der Waals surface area contributed by atoms with Crippen LogP contribution in [0.5, 0.6) is 0 Å². The van der Waals surface area contributed by atoms with Crippen molar-refractivity contribution < 1.29 is 13.5 Å². The standard InChI is InChI=1S/C12H25NO3S/c1-9(2)5-13(6-10(3)4)11-7-17(15,16)8-12(11)14/h9-12,14H,5-8H2,1-4H3/t11-,12+/m1/s1. The summed E-state index contributed by atoms with van der Waals surface area (Å²) in [7, 11) is -3.05. The lowest BCUT2D eigenvalue weighted by Crippen LogP contribution is -2.46. The predicted octanol–water partition coefficient (Wildman–Crippen LogP) is 0.758. The van der Waals surface area contributed by atoms with Crippen molar-refractivity contribution in [3.63, 3.8) is 0 Å². The number of rotatable bonds is 5. The zero-order valence-electron chi connectivity index (χ0n) is 11.3. The maximum atomic E-state index is 11.5. The van der Waals surface area contributed by atoms with E-state index in [1.807, 2.05) is 0 Å². The van der Waals surface area contributed by atoms with E-state index in [1.54, 1.807) is 0 Å². The average Bonchev–Trinajstić information content (AvgIpc) is 2.36. The maximum absolute atomic E-state index is 11.5. The molecule has 0 aromatic heterocycles. The molecule has 17 heavy (non-hydrogen) atoms. The van der Waals surface area contributed by atoms with Crippen molar-refractivity contribution in [1.29, 1.82) is 0 Å². The first kappa shape index (κ1) is 14.9. The summed E-state index contributed by atoms with van der Waals surface area (Å²) in [6, 6.07) is -0.218. The Hall–Kier alpha value is -0.130. The molecule has 1 heterocycles. The normalized spacial score (nSPS) is 28.5. The summed E-state index contributed by atoms with van der Waals surface area (Å²) in [6.45, 7) is 10.1. The molecule has 1 fully saturated rings. The van der Waals surface area contributed by atoms with Crippen LogP contribution in [0.1, 0.15) is 27.7 Å². The van der Waals surface area contributed by atoms with Gasteiger partial charge >= 0.3 is 0 Å². The second-order valence-electron chi connectivity index (χ2n) is 5.95. The van der Waals surface area contributed by atoms with Gasteiger partial charge in [-0.25, -0.2) is 8.42 Å². The first-order valence-electron chi connectivity index (χ1n) is 6.34. The molecular formula is C12H25NO3S. The lowest BCUT2D eigenvalue weighted by Gasteiger charge is -2.32. The largest absolute Gasteiger partial charge is 0.390 e. The molecule has 1 aliphatic heterocycles. The Balaban J connectivity index is 2.76. The molecule has 1 N–H and O–H groups in total. The van der Waals surface area contributed by atoms with Crippen molar-refractivity contribution in [2.24, 2.45) is 11.8 Å². The van der Waals surface area contributed by atoms with Crippen LogP contribution >= 0.6 is 0 Å². The smallest absolute Gasteiger partial charge is 0.154 e. The van der Waals surface area contributed by atoms with Gasteiger partial charge in [0.1, 0.15) is 0 Å². The first-order chi connectivity index (χ1) is 7.71. The number of aliphatic hydroxyl groups excluding tert-OH is 1. The van der Waals surface area contributed by atoms with Crippen LogP contribution in [-0.4, -0.2) is 55.2 Å². The van der Waals surface area contributed by atoms with E-state index < -0.39 is 15.9 Å². The lowest BCUT2D eigenvalue weighted by molar-refractivity contribution is 0.0677. The molecule has 1 aliphatic rings. The minimum Gasteiger partial charge on any atom is -0.390 e. The fourth-order valence-corrected chi connectivity index (χ4v) is 4.27. The van der Waals surface area contributed by atoms with E-state index >= 15 is 0 Å². The van der Waals surface area contributed by atoms with Gasteiger partial charge in [0.2, 0.25) is 0 Å². The number of hydrogen-bond acceptors (Lipinski definition) is 4. The van der Waals surface area contributed by atoms with E-state index in [2.05, 4.69) is 32.6 Å². The minimum atomic E-state index is -3.05. The van der Waals surface area contributed by atoms with Gasteiger partial charge in [-0.2, -0.15) is 0 Å². The molecule has 4 nitrogen and oxygen atoms in total. The van der Waals surface area contributed by atoms with Crippen molar-refractivity contribution in [1.82, 2.24) is 4.90 Å². The molecule has 2 atom stereocenters. The van der Waals surface area contributed by atoms with Gasteiger partial charge in [0.25, 0.3) is 0 Å². The Morgan fingerprint density at radius 2 is 1.59 bits per heavy atom. The molecule has 0 aliphatic carbocycles. The highest BCUT2D eigenvalue weighted by Gasteiger charge is 2.40.